The van der Waals surface area contributed by atoms with E-state index in [4.69, 9.17) is 5.11 Å². The lowest BCUT2D eigenvalue weighted by atomic mass is 10.3. The number of imide groups is 1. The van der Waals surface area contributed by atoms with E-state index >= 15 is 0 Å². The van der Waals surface area contributed by atoms with Gasteiger partial charge < -0.3 is 10.4 Å². The van der Waals surface area contributed by atoms with Crippen LogP contribution in [0, 0.1) is 6.92 Å². The van der Waals surface area contributed by atoms with Crippen LogP contribution in [0.4, 0.5) is 4.79 Å². The molecule has 1 heterocycles. The lowest BCUT2D eigenvalue weighted by Crippen LogP contribution is -2.40. The summed E-state index contributed by atoms with van der Waals surface area (Å²) in [4.78, 5) is 38.4. The maximum Gasteiger partial charge on any atom is 0.321 e. The summed E-state index contributed by atoms with van der Waals surface area (Å²) < 4.78 is 0.618. The smallest absolute Gasteiger partial charge is 0.321 e. The van der Waals surface area contributed by atoms with Gasteiger partial charge in [-0.2, -0.15) is 0 Å². The van der Waals surface area contributed by atoms with Gasteiger partial charge in [0.15, 0.2) is 4.34 Å². The molecule has 1 aromatic rings. The van der Waals surface area contributed by atoms with Crippen LogP contribution in [0.25, 0.3) is 0 Å². The summed E-state index contributed by atoms with van der Waals surface area (Å²) in [6, 6.07) is -0.510. The highest BCUT2D eigenvalue weighted by molar-refractivity contribution is 8.01. The Morgan fingerprint density at radius 3 is 2.71 bits per heavy atom. The number of aromatic nitrogens is 1. The summed E-state index contributed by atoms with van der Waals surface area (Å²) in [5.74, 6) is -1.27. The standard InChI is InChI=1S/C12H17N3O4S2/c1-3-4-13-11(19)15-9(16)6-20-12-14-7(2)8(21-12)5-10(17)18/h3-6H2,1-2H3,(H,17,18)(H2,13,15,16,19). The fourth-order valence-corrected chi connectivity index (χ4v) is 3.36. The maximum absolute atomic E-state index is 11.5. The highest BCUT2D eigenvalue weighted by Crippen LogP contribution is 2.27. The van der Waals surface area contributed by atoms with Crippen LogP contribution in [0.2, 0.25) is 0 Å². The van der Waals surface area contributed by atoms with Gasteiger partial charge in [0.2, 0.25) is 5.91 Å². The van der Waals surface area contributed by atoms with Crippen molar-refractivity contribution >= 4 is 41.0 Å². The van der Waals surface area contributed by atoms with E-state index in [2.05, 4.69) is 15.6 Å². The first-order valence-electron chi connectivity index (χ1n) is 6.31. The second-order valence-corrected chi connectivity index (χ2v) is 6.46. The van der Waals surface area contributed by atoms with Crippen molar-refractivity contribution in [3.8, 4) is 0 Å². The van der Waals surface area contributed by atoms with Crippen molar-refractivity contribution in [2.24, 2.45) is 0 Å². The van der Waals surface area contributed by atoms with Gasteiger partial charge in [0.1, 0.15) is 0 Å². The van der Waals surface area contributed by atoms with E-state index < -0.39 is 17.9 Å². The predicted octanol–water partition coefficient (Wildman–Crippen LogP) is 1.41. The first kappa shape index (κ1) is 17.4. The first-order valence-corrected chi connectivity index (χ1v) is 8.11. The number of hydrogen-bond donors (Lipinski definition) is 3. The first-order chi connectivity index (χ1) is 9.92. The molecule has 0 aromatic carbocycles. The van der Waals surface area contributed by atoms with Crippen molar-refractivity contribution < 1.29 is 19.5 Å². The number of amides is 3. The predicted molar refractivity (Wildman–Crippen MR) is 80.7 cm³/mol. The Labute approximate surface area is 130 Å². The Morgan fingerprint density at radius 1 is 1.38 bits per heavy atom. The lowest BCUT2D eigenvalue weighted by Gasteiger charge is -2.04. The molecule has 9 heteroatoms. The third kappa shape index (κ3) is 6.58. The van der Waals surface area contributed by atoms with Gasteiger partial charge in [0, 0.05) is 11.4 Å². The zero-order valence-corrected chi connectivity index (χ0v) is 13.4. The van der Waals surface area contributed by atoms with Crippen LogP contribution in [0.3, 0.4) is 0 Å². The molecular formula is C12H17N3O4S2. The molecule has 0 spiro atoms. The molecule has 0 atom stereocenters. The van der Waals surface area contributed by atoms with E-state index in [0.717, 1.165) is 6.42 Å². The van der Waals surface area contributed by atoms with E-state index in [1.54, 1.807) is 6.92 Å². The average Bonchev–Trinajstić information content (AvgIpc) is 2.74. The lowest BCUT2D eigenvalue weighted by molar-refractivity contribution is -0.136. The summed E-state index contributed by atoms with van der Waals surface area (Å²) in [7, 11) is 0. The molecule has 1 rings (SSSR count). The van der Waals surface area contributed by atoms with Gasteiger partial charge in [-0.3, -0.25) is 14.9 Å². The average molecular weight is 331 g/mol. The van der Waals surface area contributed by atoms with E-state index in [1.165, 1.54) is 23.1 Å². The highest BCUT2D eigenvalue weighted by Gasteiger charge is 2.13. The summed E-state index contributed by atoms with van der Waals surface area (Å²) >= 11 is 2.43. The SMILES string of the molecule is CCCNC(=O)NC(=O)CSc1nc(C)c(CC(=O)O)s1. The van der Waals surface area contributed by atoms with Gasteiger partial charge in [0.05, 0.1) is 17.9 Å². The molecule has 7 nitrogen and oxygen atoms in total. The number of aryl methyl sites for hydroxylation is 1. The molecule has 1 aromatic heterocycles. The van der Waals surface area contributed by atoms with Crippen molar-refractivity contribution in [3.05, 3.63) is 10.6 Å². The van der Waals surface area contributed by atoms with Crippen LogP contribution < -0.4 is 10.6 Å². The molecule has 0 saturated carbocycles. The number of hydrogen-bond acceptors (Lipinski definition) is 6. The number of thiazole rings is 1. The van der Waals surface area contributed by atoms with Crippen molar-refractivity contribution in [1.29, 1.82) is 0 Å². The molecule has 0 bridgehead atoms. The zero-order chi connectivity index (χ0) is 15.8. The molecule has 0 aliphatic heterocycles. The summed E-state index contributed by atoms with van der Waals surface area (Å²) in [6.07, 6.45) is 0.719. The largest absolute Gasteiger partial charge is 0.481 e. The number of rotatable bonds is 7. The van der Waals surface area contributed by atoms with Gasteiger partial charge in [0.25, 0.3) is 0 Å². The number of carboxylic acid groups (broad SMARTS) is 1. The number of nitrogens with one attached hydrogen (secondary N) is 2. The zero-order valence-electron chi connectivity index (χ0n) is 11.8. The molecular weight excluding hydrogens is 314 g/mol. The number of carboxylic acids is 1. The summed E-state index contributed by atoms with van der Waals surface area (Å²) in [6.45, 7) is 4.16. The Balaban J connectivity index is 2.42. The van der Waals surface area contributed by atoms with E-state index in [9.17, 15) is 14.4 Å². The van der Waals surface area contributed by atoms with Crippen LogP contribution in [0.5, 0.6) is 0 Å². The molecule has 116 valence electrons. The molecule has 0 radical (unpaired) electrons. The van der Waals surface area contributed by atoms with Crippen LogP contribution in [0.15, 0.2) is 4.34 Å². The summed E-state index contributed by atoms with van der Waals surface area (Å²) in [5.41, 5.74) is 0.658. The van der Waals surface area contributed by atoms with Crippen molar-refractivity contribution in [2.75, 3.05) is 12.3 Å². The van der Waals surface area contributed by atoms with E-state index in [0.29, 0.717) is 21.5 Å². The third-order valence-electron chi connectivity index (χ3n) is 2.30. The second-order valence-electron chi connectivity index (χ2n) is 4.15. The quantitative estimate of drug-likeness (QED) is 0.652. The van der Waals surface area contributed by atoms with E-state index in [1.807, 2.05) is 6.92 Å². The van der Waals surface area contributed by atoms with Gasteiger partial charge >= 0.3 is 12.0 Å². The number of thioether (sulfide) groups is 1. The molecule has 21 heavy (non-hydrogen) atoms. The van der Waals surface area contributed by atoms with Crippen LogP contribution >= 0.6 is 23.1 Å². The van der Waals surface area contributed by atoms with Crippen molar-refractivity contribution in [2.45, 2.75) is 31.0 Å². The Bertz CT molecular complexity index is 531. The van der Waals surface area contributed by atoms with Crippen LogP contribution in [0.1, 0.15) is 23.9 Å². The highest BCUT2D eigenvalue weighted by atomic mass is 32.2. The Hall–Kier alpha value is -1.61. The van der Waals surface area contributed by atoms with Crippen LogP contribution in [-0.4, -0.2) is 40.3 Å². The number of carbonyl (C=O) groups excluding carboxylic acids is 2. The number of urea groups is 1. The normalized spacial score (nSPS) is 10.2. The third-order valence-corrected chi connectivity index (χ3v) is 4.60. The minimum absolute atomic E-state index is 0.0546. The second kappa shape index (κ2) is 8.63. The van der Waals surface area contributed by atoms with Gasteiger partial charge in [-0.1, -0.05) is 18.7 Å². The Morgan fingerprint density at radius 2 is 2.10 bits per heavy atom. The topological polar surface area (TPSA) is 108 Å². The molecule has 3 N–H and O–H groups in total. The monoisotopic (exact) mass is 331 g/mol. The minimum Gasteiger partial charge on any atom is -0.481 e. The molecule has 0 saturated heterocycles. The molecule has 0 aliphatic rings. The van der Waals surface area contributed by atoms with E-state index in [-0.39, 0.29) is 12.2 Å². The molecule has 0 unspecified atom stereocenters. The van der Waals surface area contributed by atoms with Gasteiger partial charge in [-0.15, -0.1) is 11.3 Å². The summed E-state index contributed by atoms with van der Waals surface area (Å²) in [5, 5.41) is 13.5. The molecule has 0 aliphatic carbocycles. The van der Waals surface area contributed by atoms with Crippen LogP contribution in [-0.2, 0) is 16.0 Å². The Kier molecular flexibility index (Phi) is 7.17. The molecule has 0 fully saturated rings. The fourth-order valence-electron chi connectivity index (χ4n) is 1.34. The van der Waals surface area contributed by atoms with Crippen molar-refractivity contribution in [3.63, 3.8) is 0 Å². The number of carbonyl (C=O) groups is 3. The number of nitrogens with zero attached hydrogens (tertiary/aromatic N) is 1. The maximum atomic E-state index is 11.5. The minimum atomic E-state index is -0.913. The molecule has 3 amide bonds. The van der Waals surface area contributed by atoms with Gasteiger partial charge in [-0.25, -0.2) is 9.78 Å². The van der Waals surface area contributed by atoms with Crippen molar-refractivity contribution in [1.82, 2.24) is 15.6 Å². The van der Waals surface area contributed by atoms with Gasteiger partial charge in [-0.05, 0) is 13.3 Å². The number of aliphatic carboxylic acids is 1. The fraction of sp³-hybridized carbons (Fsp3) is 0.500.